The smallest absolute Gasteiger partial charge is 0.317 e. The average molecular weight is 247 g/mol. The molecule has 2 amide bonds. The van der Waals surface area contributed by atoms with E-state index in [1.54, 1.807) is 0 Å². The molecular weight excluding hydrogens is 228 g/mol. The van der Waals surface area contributed by atoms with E-state index >= 15 is 0 Å². The van der Waals surface area contributed by atoms with Gasteiger partial charge in [-0.15, -0.1) is 0 Å². The van der Waals surface area contributed by atoms with Crippen molar-refractivity contribution in [3.05, 3.63) is 0 Å². The Morgan fingerprint density at radius 2 is 1.88 bits per heavy atom. The highest BCUT2D eigenvalue weighted by Crippen LogP contribution is 2.46. The van der Waals surface area contributed by atoms with E-state index in [1.807, 2.05) is 20.8 Å². The molecule has 2 fully saturated rings. The quantitative estimate of drug-likeness (QED) is 0.671. The van der Waals surface area contributed by atoms with Crippen LogP contribution < -0.4 is 10.6 Å². The number of nitrogens with one attached hydrogen (secondary N) is 2. The zero-order valence-electron chi connectivity index (χ0n) is 10.4. The number of carbonyl (C=O) groups is 1. The Bertz CT molecular complexity index is 332. The number of hydrogen-bond acceptors (Lipinski definition) is 2. The van der Waals surface area contributed by atoms with Crippen molar-refractivity contribution in [2.24, 2.45) is 5.41 Å². The first kappa shape index (κ1) is 12.5. The predicted molar refractivity (Wildman–Crippen MR) is 60.1 cm³/mol. The summed E-state index contributed by atoms with van der Waals surface area (Å²) in [4.78, 5) is 13.2. The molecule has 0 saturated carbocycles. The van der Waals surface area contributed by atoms with Crippen molar-refractivity contribution in [1.29, 1.82) is 0 Å². The number of nitrogens with zero attached hydrogens (tertiary/aromatic N) is 1. The molecule has 98 valence electrons. The van der Waals surface area contributed by atoms with Gasteiger partial charge in [-0.3, -0.25) is 0 Å². The molecule has 2 aliphatic heterocycles. The van der Waals surface area contributed by atoms with E-state index in [2.05, 4.69) is 10.6 Å². The first-order chi connectivity index (χ1) is 7.65. The number of likely N-dealkylation sites (tertiary alicyclic amines) is 1. The monoisotopic (exact) mass is 247 g/mol. The van der Waals surface area contributed by atoms with E-state index < -0.39 is 11.3 Å². The van der Waals surface area contributed by atoms with Crippen LogP contribution in [0.2, 0.25) is 0 Å². The summed E-state index contributed by atoms with van der Waals surface area (Å²) in [7, 11) is 0. The summed E-state index contributed by atoms with van der Waals surface area (Å²) in [6.45, 7) is 5.88. The van der Waals surface area contributed by atoms with Crippen molar-refractivity contribution in [3.63, 3.8) is 0 Å². The summed E-state index contributed by atoms with van der Waals surface area (Å²) < 4.78 is 27.2. The predicted octanol–water partition coefficient (Wildman–Crippen LogP) is 1.04. The molecule has 2 aliphatic rings. The minimum atomic E-state index is -2.70. The Morgan fingerprint density at radius 1 is 1.29 bits per heavy atom. The fourth-order valence-corrected chi connectivity index (χ4v) is 2.35. The third-order valence-corrected chi connectivity index (χ3v) is 3.34. The van der Waals surface area contributed by atoms with Crippen molar-refractivity contribution in [2.75, 3.05) is 26.2 Å². The maximum absolute atomic E-state index is 13.6. The Balaban J connectivity index is 1.93. The van der Waals surface area contributed by atoms with E-state index in [1.165, 1.54) is 4.90 Å². The Kier molecular flexibility index (Phi) is 2.61. The van der Waals surface area contributed by atoms with Gasteiger partial charge in [-0.1, -0.05) is 0 Å². The Hall–Kier alpha value is -0.910. The highest BCUT2D eigenvalue weighted by atomic mass is 19.3. The highest BCUT2D eigenvalue weighted by molar-refractivity contribution is 5.76. The van der Waals surface area contributed by atoms with Crippen LogP contribution in [0.3, 0.4) is 0 Å². The number of halogens is 2. The molecule has 0 aromatic heterocycles. The van der Waals surface area contributed by atoms with Gasteiger partial charge >= 0.3 is 6.03 Å². The van der Waals surface area contributed by atoms with Crippen LogP contribution in [0.1, 0.15) is 20.8 Å². The minimum Gasteiger partial charge on any atom is -0.333 e. The van der Waals surface area contributed by atoms with Gasteiger partial charge in [-0.25, -0.2) is 13.6 Å². The second-order valence-corrected chi connectivity index (χ2v) is 6.12. The van der Waals surface area contributed by atoms with E-state index in [4.69, 9.17) is 0 Å². The third kappa shape index (κ3) is 2.10. The lowest BCUT2D eigenvalue weighted by atomic mass is 9.76. The van der Waals surface area contributed by atoms with E-state index in [9.17, 15) is 13.6 Å². The van der Waals surface area contributed by atoms with Crippen LogP contribution in [0.4, 0.5) is 13.6 Å². The average Bonchev–Trinajstić information content (AvgIpc) is 2.34. The van der Waals surface area contributed by atoms with E-state index in [0.717, 1.165) is 0 Å². The molecule has 4 nitrogen and oxygen atoms in total. The van der Waals surface area contributed by atoms with Gasteiger partial charge in [0, 0.05) is 25.2 Å². The highest BCUT2D eigenvalue weighted by Gasteiger charge is 2.64. The first-order valence-electron chi connectivity index (χ1n) is 5.81. The number of carbonyl (C=O) groups excluding carboxylic acids is 1. The van der Waals surface area contributed by atoms with Gasteiger partial charge in [0.1, 0.15) is 0 Å². The number of amides is 2. The van der Waals surface area contributed by atoms with Crippen molar-refractivity contribution in [1.82, 2.24) is 15.5 Å². The number of alkyl halides is 2. The minimum absolute atomic E-state index is 0.134. The molecule has 0 atom stereocenters. The zero-order valence-corrected chi connectivity index (χ0v) is 10.4. The fraction of sp³-hybridized carbons (Fsp3) is 0.909. The molecule has 0 aliphatic carbocycles. The van der Waals surface area contributed by atoms with Crippen LogP contribution >= 0.6 is 0 Å². The Labute approximate surface area is 99.7 Å². The molecule has 2 N–H and O–H groups in total. The molecule has 2 heterocycles. The second kappa shape index (κ2) is 3.54. The molecule has 2 rings (SSSR count). The first-order valence-corrected chi connectivity index (χ1v) is 5.81. The van der Waals surface area contributed by atoms with E-state index in [0.29, 0.717) is 6.54 Å². The van der Waals surface area contributed by atoms with Crippen molar-refractivity contribution >= 4 is 6.03 Å². The van der Waals surface area contributed by atoms with Crippen molar-refractivity contribution in [3.8, 4) is 0 Å². The van der Waals surface area contributed by atoms with Gasteiger partial charge in [0.2, 0.25) is 0 Å². The summed E-state index contributed by atoms with van der Waals surface area (Å²) in [5.41, 5.74) is -1.38. The molecule has 1 spiro atoms. The van der Waals surface area contributed by atoms with Gasteiger partial charge in [-0.05, 0) is 20.8 Å². The zero-order chi connectivity index (χ0) is 12.9. The number of rotatable bonds is 0. The Morgan fingerprint density at radius 3 is 2.29 bits per heavy atom. The third-order valence-electron chi connectivity index (χ3n) is 3.34. The van der Waals surface area contributed by atoms with Crippen LogP contribution in [0, 0.1) is 5.41 Å². The molecule has 6 heteroatoms. The van der Waals surface area contributed by atoms with Crippen LogP contribution in [-0.4, -0.2) is 48.6 Å². The lowest BCUT2D eigenvalue weighted by Gasteiger charge is -2.50. The van der Waals surface area contributed by atoms with Gasteiger partial charge in [0.05, 0.1) is 12.0 Å². The van der Waals surface area contributed by atoms with Gasteiger partial charge < -0.3 is 15.5 Å². The van der Waals surface area contributed by atoms with Crippen molar-refractivity contribution < 1.29 is 13.6 Å². The van der Waals surface area contributed by atoms with Gasteiger partial charge in [0.15, 0.2) is 0 Å². The number of hydrogen-bond donors (Lipinski definition) is 2. The lowest BCUT2D eigenvalue weighted by molar-refractivity contribution is -0.142. The summed E-state index contributed by atoms with van der Waals surface area (Å²) in [5, 5.41) is 5.48. The van der Waals surface area contributed by atoms with Gasteiger partial charge in [0.25, 0.3) is 5.92 Å². The molecule has 2 saturated heterocycles. The second-order valence-electron chi connectivity index (χ2n) is 6.12. The molecule has 0 radical (unpaired) electrons. The standard InChI is InChI=1S/C11H19F2N3O/c1-9(2,3)15-8(17)16-6-10(7-16)4-14-5-11(10,12)13/h14H,4-7H2,1-3H3,(H,15,17). The van der Waals surface area contributed by atoms with Gasteiger partial charge in [-0.2, -0.15) is 0 Å². The maximum Gasteiger partial charge on any atom is 0.317 e. The van der Waals surface area contributed by atoms with E-state index in [-0.39, 0.29) is 31.2 Å². The lowest BCUT2D eigenvalue weighted by Crippen LogP contribution is -2.68. The molecule has 17 heavy (non-hydrogen) atoms. The van der Waals surface area contributed by atoms with Crippen LogP contribution in [0.5, 0.6) is 0 Å². The van der Waals surface area contributed by atoms with Crippen LogP contribution in [0.25, 0.3) is 0 Å². The molecule has 0 bridgehead atoms. The molecule has 0 unspecified atom stereocenters. The van der Waals surface area contributed by atoms with Crippen LogP contribution in [-0.2, 0) is 0 Å². The fourth-order valence-electron chi connectivity index (χ4n) is 2.35. The number of urea groups is 1. The largest absolute Gasteiger partial charge is 0.333 e. The summed E-state index contributed by atoms with van der Waals surface area (Å²) in [6.07, 6.45) is 0. The van der Waals surface area contributed by atoms with Crippen molar-refractivity contribution in [2.45, 2.75) is 32.2 Å². The topological polar surface area (TPSA) is 44.4 Å². The summed E-state index contributed by atoms with van der Waals surface area (Å²) >= 11 is 0. The van der Waals surface area contributed by atoms with Crippen LogP contribution in [0.15, 0.2) is 0 Å². The summed E-state index contributed by atoms with van der Waals surface area (Å²) in [5.74, 6) is -2.70. The molecule has 0 aromatic carbocycles. The SMILES string of the molecule is CC(C)(C)NC(=O)N1CC2(CNCC2(F)F)C1. The molecular formula is C11H19F2N3O. The molecule has 0 aromatic rings. The summed E-state index contributed by atoms with van der Waals surface area (Å²) in [6, 6.07) is -0.258. The normalized spacial score (nSPS) is 25.8. The maximum atomic E-state index is 13.6.